The summed E-state index contributed by atoms with van der Waals surface area (Å²) in [6.45, 7) is 0. The predicted octanol–water partition coefficient (Wildman–Crippen LogP) is 3.56. The lowest BCUT2D eigenvalue weighted by Gasteiger charge is -2.33. The van der Waals surface area contributed by atoms with E-state index in [4.69, 9.17) is 11.6 Å². The Labute approximate surface area is 221 Å². The SMILES string of the molecule is CN(C)C(=NS(C)(=O)=O)c1ccc(C(=O)N[C@H]2CCCC[C@H]2NC(=O)c2ccc3c(Cl)c[nH]c3c2)cc1. The molecule has 37 heavy (non-hydrogen) atoms. The Morgan fingerprint density at radius 3 is 2.05 bits per heavy atom. The van der Waals surface area contributed by atoms with Crippen LogP contribution in [0.3, 0.4) is 0 Å². The van der Waals surface area contributed by atoms with Crippen molar-refractivity contribution in [3.8, 4) is 0 Å². The average molecular weight is 544 g/mol. The highest BCUT2D eigenvalue weighted by atomic mass is 35.5. The van der Waals surface area contributed by atoms with Gasteiger partial charge in [0.2, 0.25) is 0 Å². The minimum Gasteiger partial charge on any atom is -0.362 e. The van der Waals surface area contributed by atoms with Gasteiger partial charge < -0.3 is 20.5 Å². The van der Waals surface area contributed by atoms with E-state index in [-0.39, 0.29) is 29.7 Å². The van der Waals surface area contributed by atoms with Crippen LogP contribution in [0.1, 0.15) is 52.0 Å². The summed E-state index contributed by atoms with van der Waals surface area (Å²) in [5, 5.41) is 7.62. The van der Waals surface area contributed by atoms with Crippen LogP contribution in [0.15, 0.2) is 53.1 Å². The quantitative estimate of drug-likeness (QED) is 0.324. The molecule has 1 aliphatic rings. The van der Waals surface area contributed by atoms with Crippen molar-refractivity contribution in [3.63, 3.8) is 0 Å². The van der Waals surface area contributed by atoms with Crippen molar-refractivity contribution in [2.45, 2.75) is 37.8 Å². The lowest BCUT2D eigenvalue weighted by atomic mass is 9.89. The van der Waals surface area contributed by atoms with Gasteiger partial charge in [0, 0.05) is 60.0 Å². The third-order valence-corrected chi connectivity index (χ3v) is 7.19. The Bertz CT molecular complexity index is 1450. The largest absolute Gasteiger partial charge is 0.362 e. The number of fused-ring (bicyclic) bond motifs is 1. The number of hydrogen-bond donors (Lipinski definition) is 3. The van der Waals surface area contributed by atoms with Crippen LogP contribution in [0.4, 0.5) is 0 Å². The first-order valence-electron chi connectivity index (χ1n) is 12.0. The number of benzene rings is 2. The van der Waals surface area contributed by atoms with Crippen molar-refractivity contribution in [2.24, 2.45) is 4.40 Å². The molecule has 0 bridgehead atoms. The van der Waals surface area contributed by atoms with E-state index in [0.29, 0.717) is 21.7 Å². The lowest BCUT2D eigenvalue weighted by molar-refractivity contribution is 0.0863. The molecular weight excluding hydrogens is 514 g/mol. The zero-order chi connectivity index (χ0) is 26.7. The molecule has 2 aromatic carbocycles. The molecule has 4 rings (SSSR count). The van der Waals surface area contributed by atoms with Gasteiger partial charge in [-0.3, -0.25) is 9.59 Å². The summed E-state index contributed by atoms with van der Waals surface area (Å²) < 4.78 is 27.1. The molecule has 2 atom stereocenters. The molecule has 0 aliphatic heterocycles. The van der Waals surface area contributed by atoms with Gasteiger partial charge in [0.25, 0.3) is 21.8 Å². The molecule has 1 heterocycles. The minimum absolute atomic E-state index is 0.199. The summed E-state index contributed by atoms with van der Waals surface area (Å²) in [4.78, 5) is 30.7. The van der Waals surface area contributed by atoms with Gasteiger partial charge >= 0.3 is 0 Å². The smallest absolute Gasteiger partial charge is 0.252 e. The highest BCUT2D eigenvalue weighted by Gasteiger charge is 2.28. The molecule has 1 fully saturated rings. The average Bonchev–Trinajstić information content (AvgIpc) is 3.23. The number of aromatic amines is 1. The molecule has 11 heteroatoms. The first-order chi connectivity index (χ1) is 17.5. The van der Waals surface area contributed by atoms with Gasteiger partial charge in [-0.2, -0.15) is 0 Å². The van der Waals surface area contributed by atoms with Crippen LogP contribution in [0, 0.1) is 0 Å². The van der Waals surface area contributed by atoms with Gasteiger partial charge in [-0.05, 0) is 37.1 Å². The van der Waals surface area contributed by atoms with E-state index in [1.807, 2.05) is 6.07 Å². The number of amidine groups is 1. The fourth-order valence-corrected chi connectivity index (χ4v) is 5.33. The van der Waals surface area contributed by atoms with E-state index in [2.05, 4.69) is 20.0 Å². The highest BCUT2D eigenvalue weighted by Crippen LogP contribution is 2.24. The molecule has 0 spiro atoms. The molecule has 3 aromatic rings. The van der Waals surface area contributed by atoms with Crippen molar-refractivity contribution >= 4 is 50.2 Å². The number of aromatic nitrogens is 1. The summed E-state index contributed by atoms with van der Waals surface area (Å²) in [6, 6.07) is 11.5. The molecule has 196 valence electrons. The summed E-state index contributed by atoms with van der Waals surface area (Å²) >= 11 is 6.14. The Balaban J connectivity index is 1.45. The number of hydrogen-bond acceptors (Lipinski definition) is 4. The van der Waals surface area contributed by atoms with E-state index < -0.39 is 10.0 Å². The maximum absolute atomic E-state index is 13.0. The number of carbonyl (C=O) groups excluding carboxylic acids is 2. The van der Waals surface area contributed by atoms with Crippen LogP contribution in [0.25, 0.3) is 10.9 Å². The topological polar surface area (TPSA) is 124 Å². The number of amides is 2. The molecule has 0 radical (unpaired) electrons. The number of sulfonamides is 1. The summed E-state index contributed by atoms with van der Waals surface area (Å²) in [5.41, 5.74) is 2.32. The second-order valence-corrected chi connectivity index (χ2v) is 11.5. The van der Waals surface area contributed by atoms with Crippen LogP contribution in [0.5, 0.6) is 0 Å². The minimum atomic E-state index is -3.58. The number of nitrogens with zero attached hydrogens (tertiary/aromatic N) is 2. The fraction of sp³-hybridized carbons (Fsp3) is 0.346. The maximum atomic E-state index is 13.0. The highest BCUT2D eigenvalue weighted by molar-refractivity contribution is 7.89. The molecule has 1 saturated carbocycles. The third-order valence-electron chi connectivity index (χ3n) is 6.37. The van der Waals surface area contributed by atoms with Crippen molar-refractivity contribution in [2.75, 3.05) is 20.4 Å². The fourth-order valence-electron chi connectivity index (χ4n) is 4.53. The summed E-state index contributed by atoms with van der Waals surface area (Å²) in [6.07, 6.45) is 6.16. The van der Waals surface area contributed by atoms with E-state index in [0.717, 1.165) is 42.8 Å². The van der Waals surface area contributed by atoms with Gasteiger partial charge in [0.05, 0.1) is 11.3 Å². The van der Waals surface area contributed by atoms with Gasteiger partial charge in [0.15, 0.2) is 0 Å². The third kappa shape index (κ3) is 6.50. The summed E-state index contributed by atoms with van der Waals surface area (Å²) in [7, 11) is -0.180. The van der Waals surface area contributed by atoms with Crippen LogP contribution in [0.2, 0.25) is 5.02 Å². The lowest BCUT2D eigenvalue weighted by Crippen LogP contribution is -2.53. The molecule has 1 aliphatic carbocycles. The summed E-state index contributed by atoms with van der Waals surface area (Å²) in [5.74, 6) is -0.180. The number of halogens is 1. The van der Waals surface area contributed by atoms with Crippen molar-refractivity contribution < 1.29 is 18.0 Å². The molecule has 2 amide bonds. The second kappa shape index (κ2) is 10.9. The molecule has 9 nitrogen and oxygen atoms in total. The second-order valence-electron chi connectivity index (χ2n) is 9.46. The standard InChI is InChI=1S/C26H30ClN5O4S/c1-32(2)24(31-37(3,35)36)16-8-10-17(11-9-16)25(33)29-21-6-4-5-7-22(21)30-26(34)18-12-13-19-20(27)15-28-23(19)14-18/h8-15,21-22,28H,4-7H2,1-3H3,(H,29,33)(H,30,34)/t21-,22+/m0/s1. The number of H-pyrrole nitrogens is 1. The van der Waals surface area contributed by atoms with Crippen LogP contribution in [-0.4, -0.2) is 68.4 Å². The molecule has 0 saturated heterocycles. The molecule has 0 unspecified atom stereocenters. The number of carbonyl (C=O) groups is 2. The van der Waals surface area contributed by atoms with E-state index in [9.17, 15) is 18.0 Å². The number of rotatable bonds is 6. The van der Waals surface area contributed by atoms with Crippen LogP contribution in [-0.2, 0) is 10.0 Å². The Hall–Kier alpha value is -3.37. The zero-order valence-electron chi connectivity index (χ0n) is 20.9. The van der Waals surface area contributed by atoms with Crippen LogP contribution < -0.4 is 10.6 Å². The van der Waals surface area contributed by atoms with Gasteiger partial charge in [-0.1, -0.05) is 42.6 Å². The van der Waals surface area contributed by atoms with E-state index in [1.165, 1.54) is 0 Å². The first kappa shape index (κ1) is 26.7. The van der Waals surface area contributed by atoms with E-state index >= 15 is 0 Å². The number of nitrogens with one attached hydrogen (secondary N) is 3. The Morgan fingerprint density at radius 2 is 1.49 bits per heavy atom. The zero-order valence-corrected chi connectivity index (χ0v) is 22.5. The molecule has 3 N–H and O–H groups in total. The van der Waals surface area contributed by atoms with Crippen molar-refractivity contribution in [3.05, 3.63) is 70.4 Å². The van der Waals surface area contributed by atoms with Gasteiger partial charge in [0.1, 0.15) is 5.84 Å². The van der Waals surface area contributed by atoms with Gasteiger partial charge in [-0.15, -0.1) is 4.40 Å². The molecule has 1 aromatic heterocycles. The Kier molecular flexibility index (Phi) is 7.89. The Morgan fingerprint density at radius 1 is 0.946 bits per heavy atom. The van der Waals surface area contributed by atoms with E-state index in [1.54, 1.807) is 61.6 Å². The van der Waals surface area contributed by atoms with Crippen LogP contribution >= 0.6 is 11.6 Å². The molecular formula is C26H30ClN5O4S. The predicted molar refractivity (Wildman–Crippen MR) is 146 cm³/mol. The van der Waals surface area contributed by atoms with Crippen molar-refractivity contribution in [1.29, 1.82) is 0 Å². The normalized spacial score (nSPS) is 18.4. The first-order valence-corrected chi connectivity index (χ1v) is 14.2. The van der Waals surface area contributed by atoms with Gasteiger partial charge in [-0.25, -0.2) is 8.42 Å². The maximum Gasteiger partial charge on any atom is 0.252 e. The monoisotopic (exact) mass is 543 g/mol. The van der Waals surface area contributed by atoms with Crippen molar-refractivity contribution in [1.82, 2.24) is 20.5 Å².